The van der Waals surface area contributed by atoms with Gasteiger partial charge in [0, 0.05) is 19.9 Å². The van der Waals surface area contributed by atoms with Crippen LogP contribution >= 0.6 is 0 Å². The minimum absolute atomic E-state index is 0.230. The smallest absolute Gasteiger partial charge is 0.341 e. The van der Waals surface area contributed by atoms with Gasteiger partial charge in [0.25, 0.3) is 0 Å². The molecule has 0 spiro atoms. The molecule has 1 aliphatic rings. The van der Waals surface area contributed by atoms with Gasteiger partial charge in [-0.25, -0.2) is 18.6 Å². The van der Waals surface area contributed by atoms with Gasteiger partial charge in [0.15, 0.2) is 17.3 Å². The van der Waals surface area contributed by atoms with Crippen molar-refractivity contribution < 1.29 is 23.0 Å². The average molecular weight is 402 g/mol. The summed E-state index contributed by atoms with van der Waals surface area (Å²) in [7, 11) is 1.76. The highest BCUT2D eigenvalue weighted by Crippen LogP contribution is 2.35. The fourth-order valence-electron chi connectivity index (χ4n) is 3.56. The predicted octanol–water partition coefficient (Wildman–Crippen LogP) is 3.37. The number of fused-ring (bicyclic) bond motifs is 1. The number of benzene rings is 1. The SMILES string of the molecule is CCOC(=O)c1cnc2c(cnn2C)c1NC1CCOC1c1ccc(F)c(F)c1. The number of carbonyl (C=O) groups excluding carboxylic acids is 1. The molecule has 3 aromatic rings. The summed E-state index contributed by atoms with van der Waals surface area (Å²) in [5.74, 6) is -2.34. The second-order valence-electron chi connectivity index (χ2n) is 6.78. The van der Waals surface area contributed by atoms with Crippen LogP contribution in [0, 0.1) is 11.6 Å². The topological polar surface area (TPSA) is 78.3 Å². The molecule has 0 radical (unpaired) electrons. The van der Waals surface area contributed by atoms with E-state index < -0.39 is 23.7 Å². The van der Waals surface area contributed by atoms with Gasteiger partial charge in [-0.15, -0.1) is 0 Å². The van der Waals surface area contributed by atoms with Crippen LogP contribution in [-0.2, 0) is 16.5 Å². The molecule has 1 N–H and O–H groups in total. The first-order chi connectivity index (χ1) is 14.0. The first-order valence-electron chi connectivity index (χ1n) is 9.30. The number of ether oxygens (including phenoxy) is 2. The van der Waals surface area contributed by atoms with E-state index in [0.717, 1.165) is 12.1 Å². The standard InChI is InChI=1S/C20H20F2N4O3/c1-3-28-20(27)13-9-23-19-12(10-24-26(19)2)17(13)25-16-6-7-29-18(16)11-4-5-14(21)15(22)8-11/h4-5,8-10,16,18H,3,6-7H2,1-2H3,(H,23,25). The Labute approximate surface area is 165 Å². The van der Waals surface area contributed by atoms with Crippen molar-refractivity contribution in [3.05, 3.63) is 53.4 Å². The van der Waals surface area contributed by atoms with E-state index in [4.69, 9.17) is 9.47 Å². The van der Waals surface area contributed by atoms with E-state index in [1.807, 2.05) is 0 Å². The molecule has 1 saturated heterocycles. The van der Waals surface area contributed by atoms with Crippen LogP contribution in [0.1, 0.15) is 35.4 Å². The van der Waals surface area contributed by atoms with Crippen LogP contribution in [-0.4, -0.2) is 40.0 Å². The van der Waals surface area contributed by atoms with Gasteiger partial charge in [-0.2, -0.15) is 5.10 Å². The van der Waals surface area contributed by atoms with Crippen LogP contribution < -0.4 is 5.32 Å². The third-order valence-corrected chi connectivity index (χ3v) is 4.95. The molecule has 1 aromatic carbocycles. The van der Waals surface area contributed by atoms with Crippen molar-refractivity contribution in [2.24, 2.45) is 7.05 Å². The summed E-state index contributed by atoms with van der Waals surface area (Å²) < 4.78 is 39.6. The van der Waals surface area contributed by atoms with Gasteiger partial charge in [-0.1, -0.05) is 6.07 Å². The summed E-state index contributed by atoms with van der Waals surface area (Å²) >= 11 is 0. The van der Waals surface area contributed by atoms with Crippen molar-refractivity contribution in [1.82, 2.24) is 14.8 Å². The fourth-order valence-corrected chi connectivity index (χ4v) is 3.56. The number of nitrogens with one attached hydrogen (secondary N) is 1. The molecule has 29 heavy (non-hydrogen) atoms. The van der Waals surface area contributed by atoms with E-state index in [9.17, 15) is 13.6 Å². The monoisotopic (exact) mass is 402 g/mol. The number of anilines is 1. The molecular formula is C20H20F2N4O3. The van der Waals surface area contributed by atoms with Gasteiger partial charge in [0.1, 0.15) is 11.7 Å². The van der Waals surface area contributed by atoms with Crippen molar-refractivity contribution in [3.8, 4) is 0 Å². The van der Waals surface area contributed by atoms with Gasteiger partial charge in [0.2, 0.25) is 0 Å². The van der Waals surface area contributed by atoms with E-state index in [-0.39, 0.29) is 18.2 Å². The molecule has 152 valence electrons. The number of esters is 1. The number of carbonyl (C=O) groups is 1. The minimum atomic E-state index is -0.928. The first-order valence-corrected chi connectivity index (χ1v) is 9.30. The molecule has 2 atom stereocenters. The molecule has 1 aliphatic heterocycles. The molecule has 0 bridgehead atoms. The number of halogens is 2. The van der Waals surface area contributed by atoms with Gasteiger partial charge < -0.3 is 14.8 Å². The molecule has 0 saturated carbocycles. The van der Waals surface area contributed by atoms with Crippen LogP contribution in [0.2, 0.25) is 0 Å². The second-order valence-corrected chi connectivity index (χ2v) is 6.78. The molecular weight excluding hydrogens is 382 g/mol. The zero-order valence-corrected chi connectivity index (χ0v) is 16.0. The lowest BCUT2D eigenvalue weighted by molar-refractivity contribution is 0.0527. The number of aromatic nitrogens is 3. The third-order valence-electron chi connectivity index (χ3n) is 4.95. The van der Waals surface area contributed by atoms with Crippen molar-refractivity contribution in [2.45, 2.75) is 25.5 Å². The summed E-state index contributed by atoms with van der Waals surface area (Å²) in [4.78, 5) is 16.8. The molecule has 9 heteroatoms. The highest BCUT2D eigenvalue weighted by Gasteiger charge is 2.32. The van der Waals surface area contributed by atoms with Crippen LogP contribution in [0.15, 0.2) is 30.6 Å². The lowest BCUT2D eigenvalue weighted by atomic mass is 10.0. The number of pyridine rings is 1. The highest BCUT2D eigenvalue weighted by atomic mass is 19.2. The van der Waals surface area contributed by atoms with Gasteiger partial charge in [0.05, 0.1) is 29.9 Å². The number of aryl methyl sites for hydroxylation is 1. The van der Waals surface area contributed by atoms with E-state index >= 15 is 0 Å². The third kappa shape index (κ3) is 3.53. The first kappa shape index (κ1) is 19.3. The minimum Gasteiger partial charge on any atom is -0.462 e. The zero-order chi connectivity index (χ0) is 20.5. The van der Waals surface area contributed by atoms with Gasteiger partial charge in [-0.3, -0.25) is 4.68 Å². The largest absolute Gasteiger partial charge is 0.462 e. The highest BCUT2D eigenvalue weighted by molar-refractivity contribution is 6.04. The van der Waals surface area contributed by atoms with Crippen LogP contribution in [0.3, 0.4) is 0 Å². The lowest BCUT2D eigenvalue weighted by Crippen LogP contribution is -2.25. The van der Waals surface area contributed by atoms with E-state index in [0.29, 0.717) is 35.3 Å². The van der Waals surface area contributed by atoms with E-state index in [2.05, 4.69) is 15.4 Å². The summed E-state index contributed by atoms with van der Waals surface area (Å²) in [5, 5.41) is 8.23. The van der Waals surface area contributed by atoms with Crippen molar-refractivity contribution in [1.29, 1.82) is 0 Å². The fraction of sp³-hybridized carbons (Fsp3) is 0.350. The number of nitrogens with zero attached hydrogens (tertiary/aromatic N) is 3. The quantitative estimate of drug-likeness (QED) is 0.660. The van der Waals surface area contributed by atoms with Gasteiger partial charge in [-0.05, 0) is 31.0 Å². The van der Waals surface area contributed by atoms with Crippen LogP contribution in [0.5, 0.6) is 0 Å². The Balaban J connectivity index is 1.72. The Morgan fingerprint density at radius 3 is 2.93 bits per heavy atom. The van der Waals surface area contributed by atoms with Crippen LogP contribution in [0.25, 0.3) is 11.0 Å². The summed E-state index contributed by atoms with van der Waals surface area (Å²) in [6, 6.07) is 3.46. The van der Waals surface area contributed by atoms with Crippen molar-refractivity contribution >= 4 is 22.7 Å². The maximum Gasteiger partial charge on any atom is 0.341 e. The number of hydrogen-bond donors (Lipinski definition) is 1. The molecule has 2 aromatic heterocycles. The lowest BCUT2D eigenvalue weighted by Gasteiger charge is -2.23. The molecule has 3 heterocycles. The Kier molecular flexibility index (Phi) is 5.14. The molecule has 1 fully saturated rings. The second kappa shape index (κ2) is 7.75. The van der Waals surface area contributed by atoms with Gasteiger partial charge >= 0.3 is 5.97 Å². The van der Waals surface area contributed by atoms with E-state index in [1.165, 1.54) is 12.3 Å². The molecule has 7 nitrogen and oxygen atoms in total. The summed E-state index contributed by atoms with van der Waals surface area (Å²) in [6.07, 6.45) is 3.19. The van der Waals surface area contributed by atoms with Crippen LogP contribution in [0.4, 0.5) is 14.5 Å². The average Bonchev–Trinajstić information content (AvgIpc) is 3.31. The number of rotatable bonds is 5. The molecule has 0 aliphatic carbocycles. The predicted molar refractivity (Wildman–Crippen MR) is 102 cm³/mol. The molecule has 2 unspecified atom stereocenters. The molecule has 4 rings (SSSR count). The maximum absolute atomic E-state index is 13.7. The Hall–Kier alpha value is -3.07. The Bertz CT molecular complexity index is 1070. The van der Waals surface area contributed by atoms with Crippen molar-refractivity contribution in [2.75, 3.05) is 18.5 Å². The Morgan fingerprint density at radius 1 is 1.34 bits per heavy atom. The molecule has 0 amide bonds. The summed E-state index contributed by atoms with van der Waals surface area (Å²) in [6.45, 7) is 2.40. The maximum atomic E-state index is 13.7. The Morgan fingerprint density at radius 2 is 2.17 bits per heavy atom. The normalized spacial score (nSPS) is 18.9. The zero-order valence-electron chi connectivity index (χ0n) is 16.0. The summed E-state index contributed by atoms with van der Waals surface area (Å²) in [5.41, 5.74) is 1.94. The van der Waals surface area contributed by atoms with E-state index in [1.54, 1.807) is 24.9 Å². The van der Waals surface area contributed by atoms with Crippen molar-refractivity contribution in [3.63, 3.8) is 0 Å². The number of hydrogen-bond acceptors (Lipinski definition) is 6.